The molecule has 0 bridgehead atoms. The normalized spacial score (nSPS) is 27.1. The number of halogens is 2. The molecule has 0 aliphatic heterocycles. The average molecular weight is 351 g/mol. The van der Waals surface area contributed by atoms with Crippen molar-refractivity contribution in [2.24, 2.45) is 5.92 Å². The van der Waals surface area contributed by atoms with E-state index in [0.29, 0.717) is 0 Å². The Morgan fingerprint density at radius 2 is 1.83 bits per heavy atom. The van der Waals surface area contributed by atoms with Crippen molar-refractivity contribution < 1.29 is 9.84 Å². The molecule has 0 aromatic heterocycles. The lowest BCUT2D eigenvalue weighted by Gasteiger charge is -2.24. The number of hydrogen-bond acceptors (Lipinski definition) is 2. The molecular weight excluding hydrogens is 331 g/mol. The number of ether oxygens (including phenoxy) is 1. The predicted octanol–water partition coefficient (Wildman–Crippen LogP) is 4.96. The molecule has 0 heterocycles. The van der Waals surface area contributed by atoms with Crippen LogP contribution in [0.3, 0.4) is 0 Å². The number of alkyl halides is 2. The quantitative estimate of drug-likeness (QED) is 0.789. The first-order valence-electron chi connectivity index (χ1n) is 7.78. The summed E-state index contributed by atoms with van der Waals surface area (Å²) in [7, 11) is 1.67. The second kappa shape index (κ2) is 7.02. The van der Waals surface area contributed by atoms with E-state index in [1.807, 2.05) is 24.3 Å². The van der Waals surface area contributed by atoms with Crippen molar-refractivity contribution in [3.05, 3.63) is 59.7 Å². The SMILES string of the molecule is COc1cccc(CC2C(Cl)CC(Cl)C2c2ccc(O)cc2)c1. The van der Waals surface area contributed by atoms with E-state index in [-0.39, 0.29) is 28.3 Å². The second-order valence-electron chi connectivity index (χ2n) is 6.10. The monoisotopic (exact) mass is 350 g/mol. The summed E-state index contributed by atoms with van der Waals surface area (Å²) >= 11 is 13.2. The third-order valence-electron chi connectivity index (χ3n) is 4.65. The maximum absolute atomic E-state index is 9.50. The van der Waals surface area contributed by atoms with Gasteiger partial charge >= 0.3 is 0 Å². The number of hydrogen-bond donors (Lipinski definition) is 1. The van der Waals surface area contributed by atoms with E-state index in [1.54, 1.807) is 19.2 Å². The van der Waals surface area contributed by atoms with Gasteiger partial charge in [-0.25, -0.2) is 0 Å². The van der Waals surface area contributed by atoms with Gasteiger partial charge in [-0.15, -0.1) is 23.2 Å². The minimum atomic E-state index is 0.0117. The minimum absolute atomic E-state index is 0.0117. The van der Waals surface area contributed by atoms with Crippen LogP contribution in [0.1, 0.15) is 23.5 Å². The Kier molecular flexibility index (Phi) is 5.03. The molecule has 1 aliphatic carbocycles. The van der Waals surface area contributed by atoms with Crippen molar-refractivity contribution in [1.29, 1.82) is 0 Å². The van der Waals surface area contributed by atoms with E-state index < -0.39 is 0 Å². The molecule has 0 spiro atoms. The fourth-order valence-electron chi connectivity index (χ4n) is 3.51. The lowest BCUT2D eigenvalue weighted by Crippen LogP contribution is -2.19. The van der Waals surface area contributed by atoms with Crippen molar-refractivity contribution in [2.45, 2.75) is 29.5 Å². The topological polar surface area (TPSA) is 29.5 Å². The first-order valence-corrected chi connectivity index (χ1v) is 8.65. The standard InChI is InChI=1S/C19H20Cl2O2/c1-23-15-4-2-3-12(9-15)10-16-17(20)11-18(21)19(16)13-5-7-14(22)8-6-13/h2-9,16-19,22H,10-11H2,1H3. The zero-order valence-corrected chi connectivity index (χ0v) is 14.5. The molecular formula is C19H20Cl2O2. The molecule has 4 atom stereocenters. The van der Waals surface area contributed by atoms with Crippen LogP contribution < -0.4 is 4.74 Å². The fourth-order valence-corrected chi connectivity index (χ4v) is 4.56. The van der Waals surface area contributed by atoms with Crippen LogP contribution in [0.25, 0.3) is 0 Å². The van der Waals surface area contributed by atoms with E-state index >= 15 is 0 Å². The van der Waals surface area contributed by atoms with Gasteiger partial charge in [0, 0.05) is 16.7 Å². The van der Waals surface area contributed by atoms with Crippen LogP contribution in [0.5, 0.6) is 11.5 Å². The predicted molar refractivity (Wildman–Crippen MR) is 94.9 cm³/mol. The summed E-state index contributed by atoms with van der Waals surface area (Å²) in [6.45, 7) is 0. The summed E-state index contributed by atoms with van der Waals surface area (Å²) in [5.74, 6) is 1.57. The molecule has 2 aromatic carbocycles. The molecule has 0 radical (unpaired) electrons. The minimum Gasteiger partial charge on any atom is -0.508 e. The Bertz CT molecular complexity index is 657. The van der Waals surface area contributed by atoms with Gasteiger partial charge in [-0.05, 0) is 54.2 Å². The van der Waals surface area contributed by atoms with Crippen LogP contribution in [-0.4, -0.2) is 23.0 Å². The van der Waals surface area contributed by atoms with Crippen molar-refractivity contribution in [1.82, 2.24) is 0 Å². The number of phenols is 1. The summed E-state index contributed by atoms with van der Waals surface area (Å²) < 4.78 is 5.31. The third kappa shape index (κ3) is 3.59. The summed E-state index contributed by atoms with van der Waals surface area (Å²) in [5, 5.41) is 9.56. The fraction of sp³-hybridized carbons (Fsp3) is 0.368. The maximum atomic E-state index is 9.50. The van der Waals surface area contributed by atoms with Crippen LogP contribution >= 0.6 is 23.2 Å². The molecule has 0 saturated heterocycles. The third-order valence-corrected chi connectivity index (χ3v) is 5.60. The number of benzene rings is 2. The number of aromatic hydroxyl groups is 1. The van der Waals surface area contributed by atoms with Gasteiger partial charge in [0.15, 0.2) is 0 Å². The summed E-state index contributed by atoms with van der Waals surface area (Å²) in [5.41, 5.74) is 2.34. The highest BCUT2D eigenvalue weighted by molar-refractivity contribution is 6.25. The van der Waals surface area contributed by atoms with Crippen molar-refractivity contribution in [3.8, 4) is 11.5 Å². The molecule has 3 rings (SSSR count). The first kappa shape index (κ1) is 16.5. The molecule has 122 valence electrons. The van der Waals surface area contributed by atoms with Gasteiger partial charge in [-0.3, -0.25) is 0 Å². The van der Waals surface area contributed by atoms with Crippen LogP contribution in [0.15, 0.2) is 48.5 Å². The Balaban J connectivity index is 1.86. The van der Waals surface area contributed by atoms with Crippen LogP contribution in [0.4, 0.5) is 0 Å². The van der Waals surface area contributed by atoms with Crippen molar-refractivity contribution >= 4 is 23.2 Å². The zero-order valence-electron chi connectivity index (χ0n) is 13.0. The van der Waals surface area contributed by atoms with Gasteiger partial charge in [-0.2, -0.15) is 0 Å². The number of methoxy groups -OCH3 is 1. The van der Waals surface area contributed by atoms with Gasteiger partial charge in [0.05, 0.1) is 7.11 Å². The molecule has 23 heavy (non-hydrogen) atoms. The largest absolute Gasteiger partial charge is 0.508 e. The van der Waals surface area contributed by atoms with Crippen LogP contribution in [0.2, 0.25) is 0 Å². The second-order valence-corrected chi connectivity index (χ2v) is 7.23. The lowest BCUT2D eigenvalue weighted by molar-refractivity contribution is 0.413. The molecule has 1 aliphatic rings. The van der Waals surface area contributed by atoms with Gasteiger partial charge in [0.2, 0.25) is 0 Å². The molecule has 2 aromatic rings. The number of phenolic OH excluding ortho intramolecular Hbond substituents is 1. The Labute approximate surface area is 147 Å². The maximum Gasteiger partial charge on any atom is 0.119 e. The summed E-state index contributed by atoms with van der Waals surface area (Å²) in [6.07, 6.45) is 1.66. The molecule has 1 saturated carbocycles. The van der Waals surface area contributed by atoms with Gasteiger partial charge in [0.25, 0.3) is 0 Å². The number of rotatable bonds is 4. The van der Waals surface area contributed by atoms with Crippen LogP contribution in [-0.2, 0) is 6.42 Å². The van der Waals surface area contributed by atoms with E-state index in [2.05, 4.69) is 12.1 Å². The Morgan fingerprint density at radius 3 is 2.52 bits per heavy atom. The van der Waals surface area contributed by atoms with Gasteiger partial charge < -0.3 is 9.84 Å². The highest BCUT2D eigenvalue weighted by atomic mass is 35.5. The molecule has 0 amide bonds. The highest BCUT2D eigenvalue weighted by Gasteiger charge is 2.42. The zero-order chi connectivity index (χ0) is 16.4. The van der Waals surface area contributed by atoms with E-state index in [0.717, 1.165) is 24.2 Å². The molecule has 4 unspecified atom stereocenters. The van der Waals surface area contributed by atoms with Gasteiger partial charge in [-0.1, -0.05) is 24.3 Å². The summed E-state index contributed by atoms with van der Waals surface area (Å²) in [4.78, 5) is 0. The van der Waals surface area contributed by atoms with Crippen LogP contribution in [0, 0.1) is 5.92 Å². The van der Waals surface area contributed by atoms with E-state index in [9.17, 15) is 5.11 Å². The first-order chi connectivity index (χ1) is 11.1. The Hall–Kier alpha value is -1.38. The van der Waals surface area contributed by atoms with E-state index in [4.69, 9.17) is 27.9 Å². The average Bonchev–Trinajstić information content (AvgIpc) is 2.82. The van der Waals surface area contributed by atoms with Crippen molar-refractivity contribution in [3.63, 3.8) is 0 Å². The van der Waals surface area contributed by atoms with Crippen molar-refractivity contribution in [2.75, 3.05) is 7.11 Å². The molecule has 1 N–H and O–H groups in total. The van der Waals surface area contributed by atoms with Gasteiger partial charge in [0.1, 0.15) is 11.5 Å². The molecule has 4 heteroatoms. The Morgan fingerprint density at radius 1 is 1.09 bits per heavy atom. The lowest BCUT2D eigenvalue weighted by atomic mass is 9.84. The smallest absolute Gasteiger partial charge is 0.119 e. The summed E-state index contributed by atoms with van der Waals surface area (Å²) in [6, 6.07) is 15.4. The highest BCUT2D eigenvalue weighted by Crippen LogP contribution is 2.47. The molecule has 2 nitrogen and oxygen atoms in total. The van der Waals surface area contributed by atoms with E-state index in [1.165, 1.54) is 5.56 Å². The molecule has 1 fully saturated rings.